The fraction of sp³-hybridized carbons (Fsp3) is 0.579. The number of aliphatic carboxylic acids is 1. The first-order valence-corrected chi connectivity index (χ1v) is 11.7. The monoisotopic (exact) mass is 562 g/mol. The standard InChI is InChI=1S/C19H34N10O8S/c20-9(8-38)16(35)25-5-13(31)28-10(2-1-3-24-19(22)23)17(36)26-6-14(32)29-11(4-12(21)30)18(37)27-7-15(33)34/h9-11,38H,1-8,20H2,(H2,21,30)(H,25,35)(H,26,36)(H,27,37)(H,28,31)(H,29,32)(H,33,34)(H4,22,23,24)/t9-,10+,11+/m0/s1. The third kappa shape index (κ3) is 15.8. The second-order valence-corrected chi connectivity index (χ2v) is 8.06. The van der Waals surface area contributed by atoms with Gasteiger partial charge in [-0.15, -0.1) is 0 Å². The maximum atomic E-state index is 12.7. The van der Waals surface area contributed by atoms with Crippen LogP contribution in [0.4, 0.5) is 0 Å². The van der Waals surface area contributed by atoms with Crippen LogP contribution in [-0.2, 0) is 33.6 Å². The number of thiol groups is 1. The average Bonchev–Trinajstić information content (AvgIpc) is 2.84. The number of carbonyl (C=O) groups excluding carboxylic acids is 6. The normalized spacial score (nSPS) is 12.6. The van der Waals surface area contributed by atoms with Crippen molar-refractivity contribution in [3.8, 4) is 0 Å². The van der Waals surface area contributed by atoms with Crippen LogP contribution < -0.4 is 49.5 Å². The molecular weight excluding hydrogens is 528 g/mol. The molecule has 0 aromatic carbocycles. The number of guanidine groups is 1. The number of nitrogens with zero attached hydrogens (tertiary/aromatic N) is 1. The summed E-state index contributed by atoms with van der Waals surface area (Å²) in [7, 11) is 0. The van der Waals surface area contributed by atoms with Crippen LogP contribution in [0.5, 0.6) is 0 Å². The molecule has 0 fully saturated rings. The molecule has 0 saturated carbocycles. The Morgan fingerprint density at radius 2 is 1.29 bits per heavy atom. The summed E-state index contributed by atoms with van der Waals surface area (Å²) in [5, 5.41) is 19.8. The first kappa shape index (κ1) is 33.9. The topological polar surface area (TPSA) is 316 Å². The molecule has 0 aromatic rings. The quantitative estimate of drug-likeness (QED) is 0.0323. The smallest absolute Gasteiger partial charge is 0.322 e. The molecule has 214 valence electrons. The highest BCUT2D eigenvalue weighted by molar-refractivity contribution is 7.80. The first-order chi connectivity index (χ1) is 17.8. The molecule has 0 spiro atoms. The fourth-order valence-corrected chi connectivity index (χ4v) is 2.80. The Balaban J connectivity index is 5.12. The summed E-state index contributed by atoms with van der Waals surface area (Å²) in [6.07, 6.45) is -0.330. The van der Waals surface area contributed by atoms with Gasteiger partial charge >= 0.3 is 5.97 Å². The maximum absolute atomic E-state index is 12.7. The zero-order valence-electron chi connectivity index (χ0n) is 20.4. The van der Waals surface area contributed by atoms with Gasteiger partial charge in [-0.1, -0.05) is 0 Å². The van der Waals surface area contributed by atoms with Crippen molar-refractivity contribution in [2.75, 3.05) is 31.9 Å². The second kappa shape index (κ2) is 18.2. The molecule has 0 rings (SSSR count). The molecule has 0 aliphatic carbocycles. The number of primary amides is 1. The first-order valence-electron chi connectivity index (χ1n) is 11.1. The highest BCUT2D eigenvalue weighted by Crippen LogP contribution is 1.99. The Hall–Kier alpha value is -4.13. The summed E-state index contributed by atoms with van der Waals surface area (Å²) < 4.78 is 0. The van der Waals surface area contributed by atoms with Gasteiger partial charge in [0, 0.05) is 12.3 Å². The van der Waals surface area contributed by atoms with Crippen molar-refractivity contribution in [2.45, 2.75) is 37.4 Å². The molecule has 0 heterocycles. The molecule has 0 unspecified atom stereocenters. The van der Waals surface area contributed by atoms with Crippen LogP contribution >= 0.6 is 12.6 Å². The number of hydrogen-bond donors (Lipinski definition) is 11. The number of carbonyl (C=O) groups is 7. The summed E-state index contributed by atoms with van der Waals surface area (Å²) in [6.45, 7) is -1.79. The molecule has 38 heavy (non-hydrogen) atoms. The van der Waals surface area contributed by atoms with Gasteiger partial charge in [0.25, 0.3) is 0 Å². The number of carboxylic acid groups (broad SMARTS) is 1. The maximum Gasteiger partial charge on any atom is 0.322 e. The molecule has 14 N–H and O–H groups in total. The Bertz CT molecular complexity index is 912. The van der Waals surface area contributed by atoms with E-state index in [9.17, 15) is 33.6 Å². The van der Waals surface area contributed by atoms with E-state index in [1.54, 1.807) is 0 Å². The summed E-state index contributed by atoms with van der Waals surface area (Å²) in [5.74, 6) is -6.46. The van der Waals surface area contributed by atoms with Crippen LogP contribution in [0.3, 0.4) is 0 Å². The van der Waals surface area contributed by atoms with Crippen molar-refractivity contribution in [3.05, 3.63) is 0 Å². The van der Waals surface area contributed by atoms with Gasteiger partial charge in [-0.25, -0.2) is 0 Å². The highest BCUT2D eigenvalue weighted by atomic mass is 32.1. The summed E-state index contributed by atoms with van der Waals surface area (Å²) >= 11 is 3.88. The van der Waals surface area contributed by atoms with Crippen LogP contribution in [-0.4, -0.2) is 103 Å². The average molecular weight is 563 g/mol. The largest absolute Gasteiger partial charge is 0.480 e. The van der Waals surface area contributed by atoms with Gasteiger partial charge in [-0.05, 0) is 12.8 Å². The van der Waals surface area contributed by atoms with Gasteiger partial charge in [0.15, 0.2) is 5.96 Å². The van der Waals surface area contributed by atoms with E-state index in [4.69, 9.17) is 28.0 Å². The predicted octanol–water partition coefficient (Wildman–Crippen LogP) is -6.42. The fourth-order valence-electron chi connectivity index (χ4n) is 2.63. The van der Waals surface area contributed by atoms with E-state index in [1.165, 1.54) is 0 Å². The van der Waals surface area contributed by atoms with Gasteiger partial charge in [0.1, 0.15) is 18.6 Å². The minimum atomic E-state index is -1.49. The molecule has 0 radical (unpaired) electrons. The zero-order chi connectivity index (χ0) is 29.3. The lowest BCUT2D eigenvalue weighted by atomic mass is 10.1. The lowest BCUT2D eigenvalue weighted by molar-refractivity contribution is -0.138. The number of carboxylic acids is 1. The third-order valence-electron chi connectivity index (χ3n) is 4.45. The van der Waals surface area contributed by atoms with Crippen LogP contribution in [0, 0.1) is 0 Å². The van der Waals surface area contributed by atoms with E-state index < -0.39 is 85.6 Å². The van der Waals surface area contributed by atoms with Crippen molar-refractivity contribution in [1.29, 1.82) is 0 Å². The Morgan fingerprint density at radius 3 is 1.79 bits per heavy atom. The molecule has 0 bridgehead atoms. The Kier molecular flexibility index (Phi) is 16.2. The molecular formula is C19H34N10O8S. The molecule has 6 amide bonds. The highest BCUT2D eigenvalue weighted by Gasteiger charge is 2.25. The van der Waals surface area contributed by atoms with Crippen molar-refractivity contribution in [1.82, 2.24) is 26.6 Å². The Morgan fingerprint density at radius 1 is 0.789 bits per heavy atom. The van der Waals surface area contributed by atoms with Gasteiger partial charge in [0.2, 0.25) is 35.4 Å². The molecule has 18 nitrogen and oxygen atoms in total. The van der Waals surface area contributed by atoms with Crippen LogP contribution in [0.2, 0.25) is 0 Å². The minimum Gasteiger partial charge on any atom is -0.480 e. The zero-order valence-corrected chi connectivity index (χ0v) is 21.3. The lowest BCUT2D eigenvalue weighted by Crippen LogP contribution is -2.54. The lowest BCUT2D eigenvalue weighted by Gasteiger charge is -2.20. The number of nitrogens with two attached hydrogens (primary N) is 4. The number of hydrogen-bond acceptors (Lipinski definition) is 10. The number of rotatable bonds is 18. The van der Waals surface area contributed by atoms with Crippen molar-refractivity contribution in [3.63, 3.8) is 0 Å². The van der Waals surface area contributed by atoms with E-state index in [2.05, 4.69) is 38.9 Å². The van der Waals surface area contributed by atoms with Crippen molar-refractivity contribution < 1.29 is 38.7 Å². The minimum absolute atomic E-state index is 0.0436. The molecule has 19 heteroatoms. The molecule has 0 aromatic heterocycles. The molecule has 0 saturated heterocycles. The van der Waals surface area contributed by atoms with E-state index in [0.29, 0.717) is 0 Å². The van der Waals surface area contributed by atoms with E-state index in [-0.39, 0.29) is 31.1 Å². The predicted molar refractivity (Wildman–Crippen MR) is 136 cm³/mol. The van der Waals surface area contributed by atoms with Crippen LogP contribution in [0.15, 0.2) is 4.99 Å². The summed E-state index contributed by atoms with van der Waals surface area (Å²) in [6, 6.07) is -3.59. The van der Waals surface area contributed by atoms with E-state index in [0.717, 1.165) is 0 Å². The van der Waals surface area contributed by atoms with Crippen LogP contribution in [0.25, 0.3) is 0 Å². The third-order valence-corrected chi connectivity index (χ3v) is 4.84. The van der Waals surface area contributed by atoms with Gasteiger partial charge in [-0.2, -0.15) is 12.6 Å². The Labute approximate surface area is 222 Å². The SMILES string of the molecule is NC(=O)C[C@@H](NC(=O)CNC(=O)[C@@H](CCCN=C(N)N)NC(=O)CNC(=O)[C@@H](N)CS)C(=O)NCC(=O)O. The summed E-state index contributed by atoms with van der Waals surface area (Å²) in [5.41, 5.74) is 21.1. The number of amides is 6. The van der Waals surface area contributed by atoms with Crippen molar-refractivity contribution >= 4 is 60.0 Å². The molecule has 0 aliphatic heterocycles. The van der Waals surface area contributed by atoms with Crippen molar-refractivity contribution in [2.24, 2.45) is 27.9 Å². The van der Waals surface area contributed by atoms with Crippen LogP contribution in [0.1, 0.15) is 19.3 Å². The van der Waals surface area contributed by atoms with Gasteiger partial charge in [-0.3, -0.25) is 38.6 Å². The van der Waals surface area contributed by atoms with Gasteiger partial charge < -0.3 is 54.6 Å². The van der Waals surface area contributed by atoms with E-state index >= 15 is 0 Å². The number of nitrogens with one attached hydrogen (secondary N) is 5. The summed E-state index contributed by atoms with van der Waals surface area (Å²) in [4.78, 5) is 86.5. The molecule has 3 atom stereocenters. The van der Waals surface area contributed by atoms with E-state index in [1.807, 2.05) is 5.32 Å². The molecule has 0 aliphatic rings. The van der Waals surface area contributed by atoms with Gasteiger partial charge in [0.05, 0.1) is 25.6 Å². The number of aliphatic imine (C=N–C) groups is 1. The second-order valence-electron chi connectivity index (χ2n) is 7.70.